The quantitative estimate of drug-likeness (QED) is 0.705. The first-order valence-electron chi connectivity index (χ1n) is 6.96. The van der Waals surface area contributed by atoms with Crippen molar-refractivity contribution in [2.75, 3.05) is 0 Å². The molecule has 0 heterocycles. The van der Waals surface area contributed by atoms with E-state index in [0.29, 0.717) is 0 Å². The molecule has 0 aromatic rings. The van der Waals surface area contributed by atoms with Crippen LogP contribution in [-0.2, 0) is 4.79 Å². The summed E-state index contributed by atoms with van der Waals surface area (Å²) < 4.78 is 0. The summed E-state index contributed by atoms with van der Waals surface area (Å²) in [5, 5.41) is 9.13. The Balaban J connectivity index is 2.22. The van der Waals surface area contributed by atoms with Crippen molar-refractivity contribution in [3.8, 4) is 0 Å². The van der Waals surface area contributed by atoms with Gasteiger partial charge in [0.2, 0.25) is 0 Å². The van der Waals surface area contributed by atoms with Crippen molar-refractivity contribution in [2.24, 2.45) is 11.8 Å². The second-order valence-electron chi connectivity index (χ2n) is 5.26. The lowest BCUT2D eigenvalue weighted by molar-refractivity contribution is -0.142. The zero-order valence-corrected chi connectivity index (χ0v) is 10.6. The number of aliphatic carboxylic acids is 1. The van der Waals surface area contributed by atoms with Crippen LogP contribution in [0.1, 0.15) is 71.1 Å². The topological polar surface area (TPSA) is 37.3 Å². The summed E-state index contributed by atoms with van der Waals surface area (Å²) in [7, 11) is 0. The average Bonchev–Trinajstić information content (AvgIpc) is 2.30. The zero-order chi connectivity index (χ0) is 11.8. The Morgan fingerprint density at radius 3 is 2.50 bits per heavy atom. The van der Waals surface area contributed by atoms with Crippen molar-refractivity contribution >= 4 is 5.97 Å². The van der Waals surface area contributed by atoms with E-state index in [4.69, 9.17) is 5.11 Å². The molecule has 1 N–H and O–H groups in total. The minimum absolute atomic E-state index is 0.0816. The Bertz CT molecular complexity index is 195. The van der Waals surface area contributed by atoms with Gasteiger partial charge in [0, 0.05) is 0 Å². The molecule has 0 saturated heterocycles. The molecule has 1 saturated carbocycles. The number of hydrogen-bond donors (Lipinski definition) is 1. The molecule has 1 aliphatic rings. The SMILES string of the molecule is CCCCC(CCC1CCCCC1)C(=O)O. The van der Waals surface area contributed by atoms with E-state index in [1.165, 1.54) is 32.1 Å². The Morgan fingerprint density at radius 2 is 1.94 bits per heavy atom. The molecular formula is C14H26O2. The van der Waals surface area contributed by atoms with Gasteiger partial charge in [-0.05, 0) is 25.2 Å². The number of carbonyl (C=O) groups is 1. The van der Waals surface area contributed by atoms with Crippen LogP contribution in [0, 0.1) is 11.8 Å². The van der Waals surface area contributed by atoms with E-state index in [-0.39, 0.29) is 5.92 Å². The molecular weight excluding hydrogens is 200 g/mol. The van der Waals surface area contributed by atoms with E-state index in [2.05, 4.69) is 6.92 Å². The van der Waals surface area contributed by atoms with Crippen molar-refractivity contribution in [2.45, 2.75) is 71.1 Å². The van der Waals surface area contributed by atoms with Crippen LogP contribution in [0.4, 0.5) is 0 Å². The Labute approximate surface area is 99.4 Å². The smallest absolute Gasteiger partial charge is 0.306 e. The van der Waals surface area contributed by atoms with Gasteiger partial charge in [0.05, 0.1) is 5.92 Å². The van der Waals surface area contributed by atoms with Crippen molar-refractivity contribution in [3.63, 3.8) is 0 Å². The minimum atomic E-state index is -0.579. The highest BCUT2D eigenvalue weighted by Gasteiger charge is 2.20. The van der Waals surface area contributed by atoms with Crippen molar-refractivity contribution < 1.29 is 9.90 Å². The lowest BCUT2D eigenvalue weighted by atomic mass is 9.83. The van der Waals surface area contributed by atoms with Crippen LogP contribution >= 0.6 is 0 Å². The van der Waals surface area contributed by atoms with E-state index in [9.17, 15) is 4.79 Å². The third-order valence-electron chi connectivity index (χ3n) is 3.90. The van der Waals surface area contributed by atoms with Gasteiger partial charge in [0.15, 0.2) is 0 Å². The summed E-state index contributed by atoms with van der Waals surface area (Å²) >= 11 is 0. The number of hydrogen-bond acceptors (Lipinski definition) is 1. The first-order valence-corrected chi connectivity index (χ1v) is 6.96. The van der Waals surface area contributed by atoms with Gasteiger partial charge in [-0.15, -0.1) is 0 Å². The van der Waals surface area contributed by atoms with Gasteiger partial charge in [-0.2, -0.15) is 0 Å². The van der Waals surface area contributed by atoms with Crippen LogP contribution in [0.5, 0.6) is 0 Å². The summed E-state index contributed by atoms with van der Waals surface area (Å²) in [6.45, 7) is 2.13. The molecule has 0 amide bonds. The molecule has 94 valence electrons. The molecule has 0 aromatic carbocycles. The number of rotatable bonds is 7. The minimum Gasteiger partial charge on any atom is -0.481 e. The van der Waals surface area contributed by atoms with Gasteiger partial charge in [-0.25, -0.2) is 0 Å². The predicted molar refractivity (Wildman–Crippen MR) is 66.5 cm³/mol. The summed E-state index contributed by atoms with van der Waals surface area (Å²) in [6, 6.07) is 0. The van der Waals surface area contributed by atoms with E-state index < -0.39 is 5.97 Å². The van der Waals surface area contributed by atoms with Gasteiger partial charge in [0.25, 0.3) is 0 Å². The van der Waals surface area contributed by atoms with Gasteiger partial charge in [-0.3, -0.25) is 4.79 Å². The van der Waals surface area contributed by atoms with Crippen LogP contribution in [0.25, 0.3) is 0 Å². The maximum absolute atomic E-state index is 11.1. The zero-order valence-electron chi connectivity index (χ0n) is 10.6. The van der Waals surface area contributed by atoms with E-state index in [1.807, 2.05) is 0 Å². The van der Waals surface area contributed by atoms with Gasteiger partial charge >= 0.3 is 5.97 Å². The highest BCUT2D eigenvalue weighted by atomic mass is 16.4. The molecule has 1 aliphatic carbocycles. The van der Waals surface area contributed by atoms with Crippen molar-refractivity contribution in [1.29, 1.82) is 0 Å². The standard InChI is InChI=1S/C14H26O2/c1-2-3-9-13(14(15)16)11-10-12-7-5-4-6-8-12/h12-13H,2-11H2,1H3,(H,15,16). The highest BCUT2D eigenvalue weighted by Crippen LogP contribution is 2.29. The second kappa shape index (κ2) is 7.70. The molecule has 2 heteroatoms. The van der Waals surface area contributed by atoms with E-state index in [1.54, 1.807) is 0 Å². The largest absolute Gasteiger partial charge is 0.481 e. The molecule has 0 bridgehead atoms. The predicted octanol–water partition coefficient (Wildman–Crippen LogP) is 4.24. The Hall–Kier alpha value is -0.530. The normalized spacial score (nSPS) is 19.6. The summed E-state index contributed by atoms with van der Waals surface area (Å²) in [4.78, 5) is 11.1. The van der Waals surface area contributed by atoms with Crippen LogP contribution in [0.15, 0.2) is 0 Å². The number of carboxylic acids is 1. The maximum Gasteiger partial charge on any atom is 0.306 e. The lowest BCUT2D eigenvalue weighted by Gasteiger charge is -2.22. The summed E-state index contributed by atoms with van der Waals surface area (Å²) in [5.41, 5.74) is 0. The molecule has 1 rings (SSSR count). The van der Waals surface area contributed by atoms with Crippen molar-refractivity contribution in [1.82, 2.24) is 0 Å². The number of unbranched alkanes of at least 4 members (excludes halogenated alkanes) is 1. The molecule has 0 spiro atoms. The first kappa shape index (κ1) is 13.5. The molecule has 1 atom stereocenters. The van der Waals surface area contributed by atoms with Gasteiger partial charge in [0.1, 0.15) is 0 Å². The monoisotopic (exact) mass is 226 g/mol. The molecule has 16 heavy (non-hydrogen) atoms. The van der Waals surface area contributed by atoms with E-state index >= 15 is 0 Å². The summed E-state index contributed by atoms with van der Waals surface area (Å²) in [5.74, 6) is 0.156. The highest BCUT2D eigenvalue weighted by molar-refractivity contribution is 5.69. The third kappa shape index (κ3) is 5.00. The third-order valence-corrected chi connectivity index (χ3v) is 3.90. The maximum atomic E-state index is 11.1. The molecule has 1 unspecified atom stereocenters. The fourth-order valence-electron chi connectivity index (χ4n) is 2.75. The number of carboxylic acid groups (broad SMARTS) is 1. The summed E-state index contributed by atoms with van der Waals surface area (Å²) in [6.07, 6.45) is 11.8. The van der Waals surface area contributed by atoms with Crippen LogP contribution in [0.3, 0.4) is 0 Å². The van der Waals surface area contributed by atoms with Crippen LogP contribution in [0.2, 0.25) is 0 Å². The van der Waals surface area contributed by atoms with Crippen LogP contribution < -0.4 is 0 Å². The molecule has 0 aliphatic heterocycles. The van der Waals surface area contributed by atoms with E-state index in [0.717, 1.165) is 38.0 Å². The Kier molecular flexibility index (Phi) is 6.51. The fourth-order valence-corrected chi connectivity index (χ4v) is 2.75. The molecule has 0 aromatic heterocycles. The fraction of sp³-hybridized carbons (Fsp3) is 0.929. The van der Waals surface area contributed by atoms with Gasteiger partial charge in [-0.1, -0.05) is 51.9 Å². The molecule has 1 fully saturated rings. The average molecular weight is 226 g/mol. The lowest BCUT2D eigenvalue weighted by Crippen LogP contribution is -2.16. The Morgan fingerprint density at radius 1 is 1.25 bits per heavy atom. The first-order chi connectivity index (χ1) is 7.74. The van der Waals surface area contributed by atoms with Crippen molar-refractivity contribution in [3.05, 3.63) is 0 Å². The van der Waals surface area contributed by atoms with Crippen LogP contribution in [-0.4, -0.2) is 11.1 Å². The molecule has 2 nitrogen and oxygen atoms in total. The molecule has 0 radical (unpaired) electrons. The van der Waals surface area contributed by atoms with Gasteiger partial charge < -0.3 is 5.11 Å². The second-order valence-corrected chi connectivity index (χ2v) is 5.26.